The highest BCUT2D eigenvalue weighted by Crippen LogP contribution is 2.32. The van der Waals surface area contributed by atoms with Crippen LogP contribution in [0.3, 0.4) is 0 Å². The van der Waals surface area contributed by atoms with Crippen molar-refractivity contribution in [3.8, 4) is 0 Å². The first-order valence-corrected chi connectivity index (χ1v) is 8.85. The first kappa shape index (κ1) is 17.8. The summed E-state index contributed by atoms with van der Waals surface area (Å²) in [7, 11) is 0. The van der Waals surface area contributed by atoms with Crippen molar-refractivity contribution in [1.82, 2.24) is 0 Å². The van der Waals surface area contributed by atoms with E-state index >= 15 is 0 Å². The lowest BCUT2D eigenvalue weighted by molar-refractivity contribution is -0.385. The summed E-state index contributed by atoms with van der Waals surface area (Å²) in [6.45, 7) is 0. The number of rotatable bonds is 6. The lowest BCUT2D eigenvalue weighted by Gasteiger charge is -2.26. The lowest BCUT2D eigenvalue weighted by Crippen LogP contribution is -2.19. The number of para-hydroxylation sites is 1. The molecule has 0 aliphatic heterocycles. The molecule has 0 spiro atoms. The Balaban J connectivity index is 2.02. The Hall–Kier alpha value is -3.03. The molecule has 0 bridgehead atoms. The molecule has 0 radical (unpaired) electrons. The number of nitrogens with zero attached hydrogens (tertiary/aromatic N) is 2. The zero-order chi connectivity index (χ0) is 18.5. The number of benzene rings is 3. The van der Waals surface area contributed by atoms with Gasteiger partial charge in [-0.3, -0.25) is 18.6 Å². The van der Waals surface area contributed by atoms with Gasteiger partial charge in [-0.15, -0.1) is 0 Å². The molecule has 0 heterocycles. The Bertz CT molecular complexity index is 933. The van der Waals surface area contributed by atoms with Gasteiger partial charge < -0.3 is 4.55 Å². The second-order valence-electron chi connectivity index (χ2n) is 5.58. The standard InChI is InChI=1S/C19H16N2O4S/c22-21(23)19-14-18(20(26(24)25)17-9-5-2-6-10-17)12-11-16(19)13-15-7-3-1-4-8-15/h1-12,14H,13H2,(H,24,25)/p-1. The van der Waals surface area contributed by atoms with Crippen molar-refractivity contribution in [2.75, 3.05) is 4.31 Å². The number of nitro benzene ring substituents is 1. The van der Waals surface area contributed by atoms with Gasteiger partial charge in [0, 0.05) is 18.1 Å². The highest BCUT2D eigenvalue weighted by atomic mass is 32.2. The molecule has 1 unspecified atom stereocenters. The Kier molecular flexibility index (Phi) is 5.40. The summed E-state index contributed by atoms with van der Waals surface area (Å²) in [5.74, 6) is 0. The summed E-state index contributed by atoms with van der Waals surface area (Å²) in [6, 6.07) is 22.3. The van der Waals surface area contributed by atoms with Gasteiger partial charge in [0.15, 0.2) is 0 Å². The fourth-order valence-electron chi connectivity index (χ4n) is 2.70. The average Bonchev–Trinajstić information content (AvgIpc) is 2.64. The summed E-state index contributed by atoms with van der Waals surface area (Å²) in [5.41, 5.74) is 1.97. The summed E-state index contributed by atoms with van der Waals surface area (Å²) in [5, 5.41) is 11.5. The Morgan fingerprint density at radius 3 is 2.08 bits per heavy atom. The van der Waals surface area contributed by atoms with Crippen LogP contribution in [0.25, 0.3) is 0 Å². The van der Waals surface area contributed by atoms with Crippen LogP contribution in [0.1, 0.15) is 11.1 Å². The molecule has 0 saturated heterocycles. The molecule has 3 rings (SSSR count). The van der Waals surface area contributed by atoms with E-state index in [2.05, 4.69) is 0 Å². The maximum absolute atomic E-state index is 11.7. The Morgan fingerprint density at radius 2 is 1.50 bits per heavy atom. The van der Waals surface area contributed by atoms with Crippen LogP contribution in [0.5, 0.6) is 0 Å². The summed E-state index contributed by atoms with van der Waals surface area (Å²) in [4.78, 5) is 11.0. The van der Waals surface area contributed by atoms with Gasteiger partial charge in [0.25, 0.3) is 5.69 Å². The first-order valence-electron chi connectivity index (χ1n) is 7.82. The minimum Gasteiger partial charge on any atom is -0.755 e. The Morgan fingerprint density at radius 1 is 0.885 bits per heavy atom. The van der Waals surface area contributed by atoms with E-state index in [-0.39, 0.29) is 11.4 Å². The number of nitro groups is 1. The monoisotopic (exact) mass is 367 g/mol. The van der Waals surface area contributed by atoms with Gasteiger partial charge in [0.2, 0.25) is 0 Å². The molecule has 0 fully saturated rings. The highest BCUT2D eigenvalue weighted by Gasteiger charge is 2.19. The van der Waals surface area contributed by atoms with E-state index < -0.39 is 16.2 Å². The molecule has 0 aliphatic carbocycles. The fraction of sp³-hybridized carbons (Fsp3) is 0.0526. The molecular formula is C19H15N2O4S-. The van der Waals surface area contributed by atoms with Crippen molar-refractivity contribution < 1.29 is 13.7 Å². The van der Waals surface area contributed by atoms with Gasteiger partial charge in [-0.2, -0.15) is 0 Å². The van der Waals surface area contributed by atoms with E-state index in [0.717, 1.165) is 9.87 Å². The highest BCUT2D eigenvalue weighted by molar-refractivity contribution is 7.81. The molecule has 3 aromatic carbocycles. The molecule has 3 aromatic rings. The number of hydrogen-bond donors (Lipinski definition) is 0. The van der Waals surface area contributed by atoms with Gasteiger partial charge in [0.05, 0.1) is 27.6 Å². The van der Waals surface area contributed by atoms with E-state index in [9.17, 15) is 18.9 Å². The predicted octanol–water partition coefficient (Wildman–Crippen LogP) is 4.12. The van der Waals surface area contributed by atoms with Crippen LogP contribution in [-0.2, 0) is 17.7 Å². The first-order chi connectivity index (χ1) is 12.6. The summed E-state index contributed by atoms with van der Waals surface area (Å²) in [6.07, 6.45) is 0.392. The van der Waals surface area contributed by atoms with Gasteiger partial charge in [-0.1, -0.05) is 48.5 Å². The number of hydrogen-bond acceptors (Lipinski definition) is 4. The SMILES string of the molecule is O=[N+]([O-])c1cc(N(c2ccccc2)S(=O)[O-])ccc1Cc1ccccc1. The number of anilines is 2. The largest absolute Gasteiger partial charge is 0.755 e. The fourth-order valence-corrected chi connectivity index (χ4v) is 3.28. The molecular weight excluding hydrogens is 352 g/mol. The minimum absolute atomic E-state index is 0.113. The third kappa shape index (κ3) is 3.96. The van der Waals surface area contributed by atoms with Gasteiger partial charge in [0.1, 0.15) is 0 Å². The molecule has 0 N–H and O–H groups in total. The van der Waals surface area contributed by atoms with Crippen LogP contribution >= 0.6 is 0 Å². The molecule has 132 valence electrons. The zero-order valence-corrected chi connectivity index (χ0v) is 14.5. The maximum Gasteiger partial charge on any atom is 0.275 e. The average molecular weight is 367 g/mol. The second-order valence-corrected chi connectivity index (χ2v) is 6.38. The van der Waals surface area contributed by atoms with Crippen molar-refractivity contribution in [1.29, 1.82) is 0 Å². The van der Waals surface area contributed by atoms with Crippen molar-refractivity contribution in [3.05, 3.63) is 100 Å². The van der Waals surface area contributed by atoms with Crippen LogP contribution < -0.4 is 4.31 Å². The van der Waals surface area contributed by atoms with Crippen molar-refractivity contribution >= 4 is 28.3 Å². The zero-order valence-electron chi connectivity index (χ0n) is 13.6. The van der Waals surface area contributed by atoms with Gasteiger partial charge in [-0.25, -0.2) is 0 Å². The second kappa shape index (κ2) is 7.90. The molecule has 26 heavy (non-hydrogen) atoms. The molecule has 7 heteroatoms. The maximum atomic E-state index is 11.7. The molecule has 0 aliphatic rings. The molecule has 0 aromatic heterocycles. The van der Waals surface area contributed by atoms with E-state index in [1.807, 2.05) is 30.3 Å². The van der Waals surface area contributed by atoms with Crippen molar-refractivity contribution in [2.24, 2.45) is 0 Å². The van der Waals surface area contributed by atoms with Crippen LogP contribution in [0.2, 0.25) is 0 Å². The third-order valence-electron chi connectivity index (χ3n) is 3.88. The third-order valence-corrected chi connectivity index (χ3v) is 4.60. The minimum atomic E-state index is -2.61. The topological polar surface area (TPSA) is 86.5 Å². The normalized spacial score (nSPS) is 11.7. The van der Waals surface area contributed by atoms with E-state index in [4.69, 9.17) is 0 Å². The van der Waals surface area contributed by atoms with E-state index in [1.54, 1.807) is 42.5 Å². The smallest absolute Gasteiger partial charge is 0.275 e. The van der Waals surface area contributed by atoms with E-state index in [0.29, 0.717) is 17.7 Å². The van der Waals surface area contributed by atoms with Crippen LogP contribution in [0.4, 0.5) is 17.1 Å². The summed E-state index contributed by atoms with van der Waals surface area (Å²) < 4.78 is 24.5. The summed E-state index contributed by atoms with van der Waals surface area (Å²) >= 11 is -2.61. The Labute approximate surface area is 153 Å². The van der Waals surface area contributed by atoms with Crippen LogP contribution in [0, 0.1) is 10.1 Å². The molecule has 6 nitrogen and oxygen atoms in total. The molecule has 1 atom stereocenters. The predicted molar refractivity (Wildman–Crippen MR) is 99.8 cm³/mol. The van der Waals surface area contributed by atoms with Crippen molar-refractivity contribution in [3.63, 3.8) is 0 Å². The van der Waals surface area contributed by atoms with Crippen LogP contribution in [-0.4, -0.2) is 13.7 Å². The molecule has 0 amide bonds. The van der Waals surface area contributed by atoms with E-state index in [1.165, 1.54) is 6.07 Å². The molecule has 0 saturated carbocycles. The van der Waals surface area contributed by atoms with Gasteiger partial charge in [-0.05, 0) is 29.8 Å². The quantitative estimate of drug-likeness (QED) is 0.372. The lowest BCUT2D eigenvalue weighted by atomic mass is 10.0. The van der Waals surface area contributed by atoms with Gasteiger partial charge >= 0.3 is 0 Å². The van der Waals surface area contributed by atoms with Crippen molar-refractivity contribution in [2.45, 2.75) is 6.42 Å². The van der Waals surface area contributed by atoms with Crippen LogP contribution in [0.15, 0.2) is 78.9 Å².